The minimum Gasteiger partial charge on any atom is -0.370 e. The molecule has 5 nitrogen and oxygen atoms in total. The number of urea groups is 1. The number of carbonyl (C=O) groups excluding carboxylic acids is 2. The molecule has 26 heavy (non-hydrogen) atoms. The van der Waals surface area contributed by atoms with Gasteiger partial charge in [0.1, 0.15) is 0 Å². The molecule has 3 rings (SSSR count). The molecule has 6 heteroatoms. The SMILES string of the molecule is NC(=O)CCSc1ccccc1NC(=O)N(CC1CC1)C1CCCCC1. The van der Waals surface area contributed by atoms with Crippen molar-refractivity contribution in [3.05, 3.63) is 24.3 Å². The maximum Gasteiger partial charge on any atom is 0.322 e. The van der Waals surface area contributed by atoms with Gasteiger partial charge in [0.15, 0.2) is 0 Å². The Bertz CT molecular complexity index is 627. The zero-order chi connectivity index (χ0) is 18.4. The summed E-state index contributed by atoms with van der Waals surface area (Å²) in [6.45, 7) is 0.882. The minimum absolute atomic E-state index is 0.0201. The van der Waals surface area contributed by atoms with Gasteiger partial charge < -0.3 is 16.0 Å². The summed E-state index contributed by atoms with van der Waals surface area (Å²) in [5.41, 5.74) is 6.04. The molecule has 2 aliphatic carbocycles. The highest BCUT2D eigenvalue weighted by Crippen LogP contribution is 2.33. The first kappa shape index (κ1) is 19.1. The van der Waals surface area contributed by atoms with E-state index < -0.39 is 0 Å². The van der Waals surface area contributed by atoms with Crippen LogP contribution in [0, 0.1) is 5.92 Å². The van der Waals surface area contributed by atoms with Crippen LogP contribution < -0.4 is 11.1 Å². The van der Waals surface area contributed by atoms with Gasteiger partial charge in [-0.15, -0.1) is 11.8 Å². The number of nitrogens with two attached hydrogens (primary N) is 1. The van der Waals surface area contributed by atoms with E-state index in [1.54, 1.807) is 11.8 Å². The fraction of sp³-hybridized carbons (Fsp3) is 0.600. The highest BCUT2D eigenvalue weighted by molar-refractivity contribution is 7.99. The maximum atomic E-state index is 13.0. The molecule has 3 N–H and O–H groups in total. The zero-order valence-corrected chi connectivity index (χ0v) is 16.1. The van der Waals surface area contributed by atoms with Gasteiger partial charge in [0.2, 0.25) is 5.91 Å². The molecular weight excluding hydrogens is 346 g/mol. The number of hydrogen-bond acceptors (Lipinski definition) is 3. The summed E-state index contributed by atoms with van der Waals surface area (Å²) in [6.07, 6.45) is 8.80. The van der Waals surface area contributed by atoms with Gasteiger partial charge in [-0.2, -0.15) is 0 Å². The fourth-order valence-corrected chi connectivity index (χ4v) is 4.49. The van der Waals surface area contributed by atoms with Crippen LogP contribution in [0.25, 0.3) is 0 Å². The number of para-hydroxylation sites is 1. The van der Waals surface area contributed by atoms with Crippen LogP contribution in [0.4, 0.5) is 10.5 Å². The van der Waals surface area contributed by atoms with Crippen LogP contribution >= 0.6 is 11.8 Å². The standard InChI is InChI=1S/C20H29N3O2S/c21-19(24)12-13-26-18-9-5-4-8-17(18)22-20(25)23(14-15-10-11-15)16-6-2-1-3-7-16/h4-5,8-9,15-16H,1-3,6-7,10-14H2,(H2,21,24)(H,22,25). The highest BCUT2D eigenvalue weighted by atomic mass is 32.2. The second-order valence-electron chi connectivity index (χ2n) is 7.38. The Balaban J connectivity index is 1.65. The smallest absolute Gasteiger partial charge is 0.322 e. The number of rotatable bonds is 8. The van der Waals surface area contributed by atoms with Crippen LogP contribution in [-0.4, -0.2) is 35.2 Å². The van der Waals surface area contributed by atoms with Crippen molar-refractivity contribution in [2.24, 2.45) is 11.7 Å². The molecule has 0 aromatic heterocycles. The molecule has 0 bridgehead atoms. The first-order chi connectivity index (χ1) is 12.6. The highest BCUT2D eigenvalue weighted by Gasteiger charge is 2.32. The van der Waals surface area contributed by atoms with Crippen molar-refractivity contribution in [3.63, 3.8) is 0 Å². The maximum absolute atomic E-state index is 13.0. The first-order valence-corrected chi connectivity index (χ1v) is 10.7. The number of nitrogens with one attached hydrogen (secondary N) is 1. The lowest BCUT2D eigenvalue weighted by Gasteiger charge is -2.34. The van der Waals surface area contributed by atoms with Gasteiger partial charge in [-0.25, -0.2) is 4.79 Å². The number of thioether (sulfide) groups is 1. The van der Waals surface area contributed by atoms with Crippen LogP contribution in [0.15, 0.2) is 29.2 Å². The van der Waals surface area contributed by atoms with Crippen LogP contribution in [0.5, 0.6) is 0 Å². The largest absolute Gasteiger partial charge is 0.370 e. The molecule has 1 aromatic carbocycles. The van der Waals surface area contributed by atoms with Crippen molar-refractivity contribution in [2.45, 2.75) is 62.3 Å². The molecule has 0 aliphatic heterocycles. The molecule has 0 saturated heterocycles. The number of nitrogens with zero attached hydrogens (tertiary/aromatic N) is 1. The van der Waals surface area contributed by atoms with E-state index in [2.05, 4.69) is 10.2 Å². The van der Waals surface area contributed by atoms with Crippen LogP contribution in [0.2, 0.25) is 0 Å². The monoisotopic (exact) mass is 375 g/mol. The van der Waals surface area contributed by atoms with E-state index in [0.29, 0.717) is 24.1 Å². The average molecular weight is 376 g/mol. The average Bonchev–Trinajstić information content (AvgIpc) is 3.46. The molecule has 0 spiro atoms. The molecule has 0 unspecified atom stereocenters. The Hall–Kier alpha value is -1.69. The Morgan fingerprint density at radius 2 is 1.85 bits per heavy atom. The molecule has 142 valence electrons. The number of carbonyl (C=O) groups is 2. The van der Waals surface area contributed by atoms with E-state index in [9.17, 15) is 9.59 Å². The third kappa shape index (κ3) is 5.66. The minimum atomic E-state index is -0.299. The number of hydrogen-bond donors (Lipinski definition) is 2. The summed E-state index contributed by atoms with van der Waals surface area (Å²) < 4.78 is 0. The zero-order valence-electron chi connectivity index (χ0n) is 15.3. The summed E-state index contributed by atoms with van der Waals surface area (Å²) in [7, 11) is 0. The van der Waals surface area contributed by atoms with Crippen molar-refractivity contribution >= 4 is 29.4 Å². The molecule has 0 atom stereocenters. The van der Waals surface area contributed by atoms with Crippen LogP contribution in [0.1, 0.15) is 51.4 Å². The van der Waals surface area contributed by atoms with Crippen LogP contribution in [-0.2, 0) is 4.79 Å². The van der Waals surface area contributed by atoms with Crippen molar-refractivity contribution in [1.82, 2.24) is 4.90 Å². The predicted octanol–water partition coefficient (Wildman–Crippen LogP) is 4.23. The van der Waals surface area contributed by atoms with Crippen molar-refractivity contribution in [2.75, 3.05) is 17.6 Å². The summed E-state index contributed by atoms with van der Waals surface area (Å²) >= 11 is 1.56. The quantitative estimate of drug-likeness (QED) is 0.668. The Labute approximate surface area is 160 Å². The number of benzene rings is 1. The lowest BCUT2D eigenvalue weighted by atomic mass is 9.94. The van der Waals surface area contributed by atoms with Gasteiger partial charge in [0.05, 0.1) is 5.69 Å². The van der Waals surface area contributed by atoms with Gasteiger partial charge in [0.25, 0.3) is 0 Å². The molecule has 0 heterocycles. The topological polar surface area (TPSA) is 75.4 Å². The van der Waals surface area contributed by atoms with E-state index in [4.69, 9.17) is 5.73 Å². The Kier molecular flexibility index (Phi) is 6.83. The number of amides is 3. The van der Waals surface area contributed by atoms with Gasteiger partial charge in [-0.05, 0) is 43.7 Å². The van der Waals surface area contributed by atoms with Gasteiger partial charge in [-0.3, -0.25) is 4.79 Å². The lowest BCUT2D eigenvalue weighted by Crippen LogP contribution is -2.45. The molecule has 2 saturated carbocycles. The second-order valence-corrected chi connectivity index (χ2v) is 8.52. The Morgan fingerprint density at radius 1 is 1.12 bits per heavy atom. The predicted molar refractivity (Wildman–Crippen MR) is 106 cm³/mol. The van der Waals surface area contributed by atoms with Crippen molar-refractivity contribution < 1.29 is 9.59 Å². The van der Waals surface area contributed by atoms with Crippen LogP contribution in [0.3, 0.4) is 0 Å². The van der Waals surface area contributed by atoms with Gasteiger partial charge >= 0.3 is 6.03 Å². The normalized spacial score (nSPS) is 17.7. The molecular formula is C20H29N3O2S. The van der Waals surface area contributed by atoms with E-state index in [0.717, 1.165) is 30.0 Å². The molecule has 1 aromatic rings. The summed E-state index contributed by atoms with van der Waals surface area (Å²) in [5, 5.41) is 3.13. The van der Waals surface area contributed by atoms with Gasteiger partial charge in [0, 0.05) is 29.7 Å². The number of primary amides is 1. The van der Waals surface area contributed by atoms with Crippen molar-refractivity contribution in [3.8, 4) is 0 Å². The lowest BCUT2D eigenvalue weighted by molar-refractivity contribution is -0.117. The van der Waals surface area contributed by atoms with Gasteiger partial charge in [-0.1, -0.05) is 31.4 Å². The van der Waals surface area contributed by atoms with E-state index in [-0.39, 0.29) is 11.9 Å². The van der Waals surface area contributed by atoms with E-state index in [1.165, 1.54) is 32.1 Å². The summed E-state index contributed by atoms with van der Waals surface area (Å²) in [6, 6.07) is 8.18. The Morgan fingerprint density at radius 3 is 2.54 bits per heavy atom. The second kappa shape index (κ2) is 9.31. The molecule has 0 radical (unpaired) electrons. The van der Waals surface area contributed by atoms with Crippen molar-refractivity contribution in [1.29, 1.82) is 0 Å². The third-order valence-electron chi connectivity index (χ3n) is 5.16. The fourth-order valence-electron chi connectivity index (χ4n) is 3.51. The number of anilines is 1. The molecule has 3 amide bonds. The summed E-state index contributed by atoms with van der Waals surface area (Å²) in [5.74, 6) is 1.01. The summed E-state index contributed by atoms with van der Waals surface area (Å²) in [4.78, 5) is 27.1. The molecule has 2 fully saturated rings. The molecule has 2 aliphatic rings. The third-order valence-corrected chi connectivity index (χ3v) is 6.24. The first-order valence-electron chi connectivity index (χ1n) is 9.71. The van der Waals surface area contributed by atoms with E-state index >= 15 is 0 Å². The van der Waals surface area contributed by atoms with E-state index in [1.807, 2.05) is 24.3 Å².